The maximum absolute atomic E-state index is 13.4. The number of nitrogens with zero attached hydrogens (tertiary/aromatic N) is 1. The van der Waals surface area contributed by atoms with Gasteiger partial charge in [0.1, 0.15) is 5.82 Å². The van der Waals surface area contributed by atoms with Crippen molar-refractivity contribution in [1.29, 1.82) is 0 Å². The molecule has 0 aromatic heterocycles. The lowest BCUT2D eigenvalue weighted by Crippen LogP contribution is -2.39. The second-order valence-electron chi connectivity index (χ2n) is 5.87. The monoisotopic (exact) mass is 265 g/mol. The van der Waals surface area contributed by atoms with Crippen LogP contribution in [0.5, 0.6) is 0 Å². The lowest BCUT2D eigenvalue weighted by molar-refractivity contribution is 0.134. The highest BCUT2D eigenvalue weighted by atomic mass is 19.1. The molecule has 0 bridgehead atoms. The van der Waals surface area contributed by atoms with E-state index in [1.54, 1.807) is 12.1 Å². The second kappa shape index (κ2) is 6.03. The Balaban J connectivity index is 2.08. The topological polar surface area (TPSA) is 43.7 Å². The highest BCUT2D eigenvalue weighted by Crippen LogP contribution is 2.22. The molecule has 1 saturated heterocycles. The summed E-state index contributed by atoms with van der Waals surface area (Å²) in [6, 6.07) is 4.57. The molecule has 19 heavy (non-hydrogen) atoms. The first-order valence-corrected chi connectivity index (χ1v) is 6.82. The van der Waals surface area contributed by atoms with E-state index in [0.717, 1.165) is 25.2 Å². The van der Waals surface area contributed by atoms with Crippen LogP contribution in [0.2, 0.25) is 0 Å². The van der Waals surface area contributed by atoms with E-state index in [-0.39, 0.29) is 5.46 Å². The van der Waals surface area contributed by atoms with Gasteiger partial charge in [0, 0.05) is 25.1 Å². The number of halogens is 1. The minimum atomic E-state index is -1.75. The van der Waals surface area contributed by atoms with Crippen LogP contribution in [0.15, 0.2) is 18.2 Å². The molecule has 2 N–H and O–H groups in total. The van der Waals surface area contributed by atoms with E-state index >= 15 is 0 Å². The normalized spacial score (nSPS) is 24.5. The van der Waals surface area contributed by atoms with Gasteiger partial charge in [-0.2, -0.15) is 0 Å². The summed E-state index contributed by atoms with van der Waals surface area (Å²) in [6.07, 6.45) is 1.25. The molecule has 1 heterocycles. The molecule has 2 rings (SSSR count). The first kappa shape index (κ1) is 14.5. The van der Waals surface area contributed by atoms with Gasteiger partial charge in [-0.25, -0.2) is 4.39 Å². The van der Waals surface area contributed by atoms with Crippen molar-refractivity contribution in [2.24, 2.45) is 11.8 Å². The Hall–Kier alpha value is -0.905. The fourth-order valence-electron chi connectivity index (χ4n) is 3.07. The molecule has 1 fully saturated rings. The zero-order valence-electron chi connectivity index (χ0n) is 11.5. The van der Waals surface area contributed by atoms with Crippen molar-refractivity contribution in [3.63, 3.8) is 0 Å². The molecule has 0 aliphatic carbocycles. The molecule has 2 unspecified atom stereocenters. The number of rotatable bonds is 3. The van der Waals surface area contributed by atoms with Crippen LogP contribution in [-0.2, 0) is 6.54 Å². The Morgan fingerprint density at radius 1 is 1.26 bits per heavy atom. The quantitative estimate of drug-likeness (QED) is 0.801. The first-order chi connectivity index (χ1) is 8.95. The van der Waals surface area contributed by atoms with Gasteiger partial charge in [-0.1, -0.05) is 26.0 Å². The fraction of sp³-hybridized carbons (Fsp3) is 0.571. The summed E-state index contributed by atoms with van der Waals surface area (Å²) in [5.74, 6) is 0.776. The molecule has 3 nitrogen and oxygen atoms in total. The van der Waals surface area contributed by atoms with Crippen molar-refractivity contribution in [3.05, 3.63) is 29.6 Å². The van der Waals surface area contributed by atoms with Gasteiger partial charge in [-0.05, 0) is 29.9 Å². The summed E-state index contributed by atoms with van der Waals surface area (Å²) < 4.78 is 13.4. The molecule has 1 aromatic rings. The lowest BCUT2D eigenvalue weighted by atomic mass is 9.79. The van der Waals surface area contributed by atoms with E-state index in [9.17, 15) is 4.39 Å². The van der Waals surface area contributed by atoms with Crippen molar-refractivity contribution in [3.8, 4) is 0 Å². The molecule has 5 heteroatoms. The zero-order chi connectivity index (χ0) is 14.0. The van der Waals surface area contributed by atoms with E-state index in [1.807, 2.05) is 0 Å². The average molecular weight is 265 g/mol. The van der Waals surface area contributed by atoms with Gasteiger partial charge in [0.15, 0.2) is 0 Å². The summed E-state index contributed by atoms with van der Waals surface area (Å²) in [4.78, 5) is 2.35. The Morgan fingerprint density at radius 2 is 1.89 bits per heavy atom. The van der Waals surface area contributed by atoms with Gasteiger partial charge >= 0.3 is 7.12 Å². The third kappa shape index (κ3) is 3.78. The van der Waals surface area contributed by atoms with Gasteiger partial charge in [0.05, 0.1) is 0 Å². The molecule has 1 aliphatic heterocycles. The first-order valence-electron chi connectivity index (χ1n) is 6.82. The van der Waals surface area contributed by atoms with E-state index in [0.29, 0.717) is 11.8 Å². The van der Waals surface area contributed by atoms with Crippen molar-refractivity contribution in [2.45, 2.75) is 26.8 Å². The van der Waals surface area contributed by atoms with Crippen LogP contribution in [-0.4, -0.2) is 35.2 Å². The SMILES string of the molecule is CC1CC(C)CN(Cc2ccc(F)c(B(O)O)c2)C1. The maximum Gasteiger partial charge on any atom is 0.491 e. The van der Waals surface area contributed by atoms with E-state index < -0.39 is 12.9 Å². The molecular formula is C14H21BFNO2. The number of piperidine rings is 1. The number of benzene rings is 1. The highest BCUT2D eigenvalue weighted by Gasteiger charge is 2.22. The molecule has 0 saturated carbocycles. The highest BCUT2D eigenvalue weighted by molar-refractivity contribution is 6.58. The van der Waals surface area contributed by atoms with Gasteiger partial charge in [0.2, 0.25) is 0 Å². The van der Waals surface area contributed by atoms with Gasteiger partial charge in [-0.3, -0.25) is 4.90 Å². The molecule has 1 aromatic carbocycles. The largest absolute Gasteiger partial charge is 0.491 e. The smallest absolute Gasteiger partial charge is 0.423 e. The van der Waals surface area contributed by atoms with Crippen LogP contribution in [0.4, 0.5) is 4.39 Å². The number of hydrogen-bond donors (Lipinski definition) is 2. The van der Waals surface area contributed by atoms with E-state index in [4.69, 9.17) is 10.0 Å². The Labute approximate surface area is 114 Å². The average Bonchev–Trinajstić information content (AvgIpc) is 2.30. The zero-order valence-corrected chi connectivity index (χ0v) is 11.5. The van der Waals surface area contributed by atoms with E-state index in [1.165, 1.54) is 12.5 Å². The summed E-state index contributed by atoms with van der Waals surface area (Å²) in [7, 11) is -1.75. The van der Waals surface area contributed by atoms with Crippen molar-refractivity contribution in [1.82, 2.24) is 4.90 Å². The van der Waals surface area contributed by atoms with Gasteiger partial charge < -0.3 is 10.0 Å². The Kier molecular flexibility index (Phi) is 4.60. The standard InChI is InChI=1S/C14H21BFNO2/c1-10-5-11(2)8-17(7-10)9-12-3-4-14(16)13(6-12)15(18)19/h3-4,6,10-11,18-19H,5,7-9H2,1-2H3. The molecule has 0 radical (unpaired) electrons. The predicted octanol–water partition coefficient (Wildman–Crippen LogP) is 0.983. The van der Waals surface area contributed by atoms with Crippen LogP contribution >= 0.6 is 0 Å². The van der Waals surface area contributed by atoms with Crippen LogP contribution in [0.3, 0.4) is 0 Å². The summed E-state index contributed by atoms with van der Waals surface area (Å²) >= 11 is 0. The third-order valence-electron chi connectivity index (χ3n) is 3.69. The summed E-state index contributed by atoms with van der Waals surface area (Å²) in [5.41, 5.74) is 0.876. The summed E-state index contributed by atoms with van der Waals surface area (Å²) in [5, 5.41) is 18.2. The third-order valence-corrected chi connectivity index (χ3v) is 3.69. The molecule has 1 aliphatic rings. The van der Waals surface area contributed by atoms with Crippen LogP contribution in [0, 0.1) is 17.7 Å². The van der Waals surface area contributed by atoms with Crippen LogP contribution in [0.1, 0.15) is 25.8 Å². The Bertz CT molecular complexity index is 431. The van der Waals surface area contributed by atoms with Crippen LogP contribution < -0.4 is 5.46 Å². The Morgan fingerprint density at radius 3 is 2.47 bits per heavy atom. The minimum absolute atomic E-state index is 0.0457. The van der Waals surface area contributed by atoms with Crippen molar-refractivity contribution < 1.29 is 14.4 Å². The second-order valence-corrected chi connectivity index (χ2v) is 5.87. The van der Waals surface area contributed by atoms with Crippen LogP contribution in [0.25, 0.3) is 0 Å². The number of hydrogen-bond acceptors (Lipinski definition) is 3. The molecule has 0 spiro atoms. The molecule has 0 amide bonds. The van der Waals surface area contributed by atoms with Crippen molar-refractivity contribution >= 4 is 12.6 Å². The van der Waals surface area contributed by atoms with Gasteiger partial charge in [-0.15, -0.1) is 0 Å². The van der Waals surface area contributed by atoms with Gasteiger partial charge in [0.25, 0.3) is 0 Å². The lowest BCUT2D eigenvalue weighted by Gasteiger charge is -2.35. The van der Waals surface area contributed by atoms with E-state index in [2.05, 4.69) is 18.7 Å². The minimum Gasteiger partial charge on any atom is -0.423 e. The summed E-state index contributed by atoms with van der Waals surface area (Å²) in [6.45, 7) is 7.30. The molecular weight excluding hydrogens is 244 g/mol. The maximum atomic E-state index is 13.4. The van der Waals surface area contributed by atoms with Crippen molar-refractivity contribution in [2.75, 3.05) is 13.1 Å². The predicted molar refractivity (Wildman–Crippen MR) is 74.4 cm³/mol. The molecule has 2 atom stereocenters. The number of likely N-dealkylation sites (tertiary alicyclic amines) is 1. The molecule has 104 valence electrons. The fourth-order valence-corrected chi connectivity index (χ4v) is 3.07.